The van der Waals surface area contributed by atoms with Crippen molar-refractivity contribution >= 4 is 5.69 Å². The number of hydrogen-bond acceptors (Lipinski definition) is 3. The lowest BCUT2D eigenvalue weighted by Crippen LogP contribution is -2.10. The lowest BCUT2D eigenvalue weighted by molar-refractivity contribution is 0.132. The molecule has 3 heteroatoms. The maximum absolute atomic E-state index is 8.57. The minimum Gasteiger partial charge on any atom is -0.383 e. The van der Waals surface area contributed by atoms with E-state index in [9.17, 15) is 0 Å². The average molecular weight is 246 g/mol. The maximum Gasteiger partial charge on any atom is 0.0669 e. The Morgan fingerprint density at radius 3 is 2.56 bits per heavy atom. The van der Waals surface area contributed by atoms with Crippen LogP contribution in [0.4, 0.5) is 5.69 Å². The number of nitriles is 1. The first-order chi connectivity index (χ1) is 8.72. The zero-order valence-electron chi connectivity index (χ0n) is 11.3. The van der Waals surface area contributed by atoms with E-state index in [4.69, 9.17) is 10.00 Å². The van der Waals surface area contributed by atoms with Crippen molar-refractivity contribution in [3.63, 3.8) is 0 Å². The molecule has 0 aliphatic heterocycles. The molecular formula is C15H22N2O. The summed E-state index contributed by atoms with van der Waals surface area (Å²) in [5.74, 6) is 0.700. The van der Waals surface area contributed by atoms with E-state index >= 15 is 0 Å². The molecule has 0 radical (unpaired) electrons. The Morgan fingerprint density at radius 2 is 1.94 bits per heavy atom. The van der Waals surface area contributed by atoms with Crippen LogP contribution in [0.3, 0.4) is 0 Å². The predicted octanol–water partition coefficient (Wildman–Crippen LogP) is 3.23. The van der Waals surface area contributed by atoms with E-state index in [1.165, 1.54) is 0 Å². The molecule has 1 aromatic carbocycles. The monoisotopic (exact) mass is 246 g/mol. The first kappa shape index (κ1) is 14.5. The number of hydrogen-bond donors (Lipinski definition) is 1. The van der Waals surface area contributed by atoms with Crippen LogP contribution < -0.4 is 5.32 Å². The number of ether oxygens (including phenoxy) is 1. The second-order valence-electron chi connectivity index (χ2n) is 4.75. The fraction of sp³-hybridized carbons (Fsp3) is 0.533. The molecule has 0 amide bonds. The Kier molecular flexibility index (Phi) is 6.90. The van der Waals surface area contributed by atoms with E-state index in [0.29, 0.717) is 12.3 Å². The molecule has 0 saturated carbocycles. The van der Waals surface area contributed by atoms with Crippen molar-refractivity contribution in [3.8, 4) is 6.07 Å². The number of nitrogens with one attached hydrogen (secondary N) is 1. The van der Waals surface area contributed by atoms with E-state index in [1.807, 2.05) is 24.3 Å². The highest BCUT2D eigenvalue weighted by atomic mass is 16.5. The zero-order chi connectivity index (χ0) is 13.2. The van der Waals surface area contributed by atoms with Crippen LogP contribution >= 0.6 is 0 Å². The molecule has 1 rings (SSSR count). The van der Waals surface area contributed by atoms with Gasteiger partial charge in [-0.25, -0.2) is 0 Å². The Morgan fingerprint density at radius 1 is 1.22 bits per heavy atom. The van der Waals surface area contributed by atoms with E-state index < -0.39 is 0 Å². The van der Waals surface area contributed by atoms with Crippen molar-refractivity contribution in [2.45, 2.75) is 26.7 Å². The van der Waals surface area contributed by atoms with Crippen molar-refractivity contribution in [1.82, 2.24) is 0 Å². The largest absolute Gasteiger partial charge is 0.383 e. The fourth-order valence-corrected chi connectivity index (χ4v) is 1.52. The summed E-state index contributed by atoms with van der Waals surface area (Å²) in [6.45, 7) is 6.78. The van der Waals surface area contributed by atoms with Gasteiger partial charge in [-0.3, -0.25) is 0 Å². The summed E-state index contributed by atoms with van der Waals surface area (Å²) in [7, 11) is 0. The molecule has 0 unspecified atom stereocenters. The number of anilines is 1. The van der Waals surface area contributed by atoms with Crippen LogP contribution in [-0.2, 0) is 11.2 Å². The summed E-state index contributed by atoms with van der Waals surface area (Å²) in [6.07, 6.45) is 1.58. The summed E-state index contributed by atoms with van der Waals surface area (Å²) < 4.78 is 5.52. The van der Waals surface area contributed by atoms with E-state index in [2.05, 4.69) is 25.2 Å². The standard InChI is InChI=1S/C15H22N2O/c1-13(2)8-11-18-12-10-17-15-5-3-14(4-6-15)7-9-16/h3-6,13,17H,7-8,10-12H2,1-2H3. The van der Waals surface area contributed by atoms with Gasteiger partial charge in [-0.2, -0.15) is 5.26 Å². The summed E-state index contributed by atoms with van der Waals surface area (Å²) in [5.41, 5.74) is 2.13. The molecule has 0 saturated heterocycles. The zero-order valence-corrected chi connectivity index (χ0v) is 11.3. The van der Waals surface area contributed by atoms with E-state index in [-0.39, 0.29) is 0 Å². The minimum atomic E-state index is 0.471. The lowest BCUT2D eigenvalue weighted by Gasteiger charge is -2.08. The van der Waals surface area contributed by atoms with Crippen molar-refractivity contribution in [3.05, 3.63) is 29.8 Å². The maximum atomic E-state index is 8.57. The third kappa shape index (κ3) is 6.27. The van der Waals surface area contributed by atoms with Gasteiger partial charge >= 0.3 is 0 Å². The summed E-state index contributed by atoms with van der Waals surface area (Å²) in [6, 6.07) is 10.1. The van der Waals surface area contributed by atoms with Crippen LogP contribution in [0.1, 0.15) is 25.8 Å². The van der Waals surface area contributed by atoms with Crippen LogP contribution in [0.2, 0.25) is 0 Å². The molecule has 98 valence electrons. The Bertz CT molecular complexity index is 365. The highest BCUT2D eigenvalue weighted by Crippen LogP contribution is 2.09. The Hall–Kier alpha value is -1.53. The molecule has 1 N–H and O–H groups in total. The predicted molar refractivity (Wildman–Crippen MR) is 74.5 cm³/mol. The first-order valence-electron chi connectivity index (χ1n) is 6.50. The highest BCUT2D eigenvalue weighted by Gasteiger charge is 1.95. The second-order valence-corrected chi connectivity index (χ2v) is 4.75. The van der Waals surface area contributed by atoms with Crippen LogP contribution in [0.25, 0.3) is 0 Å². The van der Waals surface area contributed by atoms with E-state index in [1.54, 1.807) is 0 Å². The van der Waals surface area contributed by atoms with Gasteiger partial charge in [0.15, 0.2) is 0 Å². The number of benzene rings is 1. The Balaban J connectivity index is 2.14. The molecule has 0 atom stereocenters. The molecule has 18 heavy (non-hydrogen) atoms. The highest BCUT2D eigenvalue weighted by molar-refractivity contribution is 5.44. The smallest absolute Gasteiger partial charge is 0.0669 e. The lowest BCUT2D eigenvalue weighted by atomic mass is 10.1. The van der Waals surface area contributed by atoms with Crippen LogP contribution in [-0.4, -0.2) is 19.8 Å². The van der Waals surface area contributed by atoms with Crippen LogP contribution in [0.5, 0.6) is 0 Å². The number of rotatable bonds is 8. The van der Waals surface area contributed by atoms with Gasteiger partial charge in [-0.15, -0.1) is 0 Å². The molecule has 3 nitrogen and oxygen atoms in total. The molecule has 1 aromatic rings. The minimum absolute atomic E-state index is 0.471. The third-order valence-electron chi connectivity index (χ3n) is 2.65. The van der Waals surface area contributed by atoms with Gasteiger partial charge in [0.1, 0.15) is 0 Å². The molecule has 0 fully saturated rings. The first-order valence-corrected chi connectivity index (χ1v) is 6.50. The van der Waals surface area contributed by atoms with E-state index in [0.717, 1.165) is 37.4 Å². The molecular weight excluding hydrogens is 224 g/mol. The number of nitrogens with zero attached hydrogens (tertiary/aromatic N) is 1. The van der Waals surface area contributed by atoms with Crippen molar-refractivity contribution in [2.75, 3.05) is 25.1 Å². The third-order valence-corrected chi connectivity index (χ3v) is 2.65. The van der Waals surface area contributed by atoms with Crippen LogP contribution in [0, 0.1) is 17.2 Å². The second kappa shape index (κ2) is 8.54. The average Bonchev–Trinajstić information content (AvgIpc) is 2.35. The van der Waals surface area contributed by atoms with Gasteiger partial charge in [0.25, 0.3) is 0 Å². The quantitative estimate of drug-likeness (QED) is 0.716. The van der Waals surface area contributed by atoms with Gasteiger partial charge in [0.05, 0.1) is 19.1 Å². The molecule has 0 spiro atoms. The van der Waals surface area contributed by atoms with Crippen molar-refractivity contribution < 1.29 is 4.74 Å². The normalized spacial score (nSPS) is 10.3. The SMILES string of the molecule is CC(C)CCOCCNc1ccc(CC#N)cc1. The van der Waals surface area contributed by atoms with Gasteiger partial charge < -0.3 is 10.1 Å². The molecule has 0 bridgehead atoms. The van der Waals surface area contributed by atoms with Gasteiger partial charge in [0.2, 0.25) is 0 Å². The van der Waals surface area contributed by atoms with Crippen molar-refractivity contribution in [2.24, 2.45) is 5.92 Å². The van der Waals surface area contributed by atoms with Crippen LogP contribution in [0.15, 0.2) is 24.3 Å². The van der Waals surface area contributed by atoms with Gasteiger partial charge in [-0.1, -0.05) is 26.0 Å². The Labute approximate surface area is 110 Å². The molecule has 0 heterocycles. The topological polar surface area (TPSA) is 45.0 Å². The molecule has 0 aliphatic carbocycles. The molecule has 0 aromatic heterocycles. The summed E-state index contributed by atoms with van der Waals surface area (Å²) >= 11 is 0. The fourth-order valence-electron chi connectivity index (χ4n) is 1.52. The van der Waals surface area contributed by atoms with Crippen molar-refractivity contribution in [1.29, 1.82) is 5.26 Å². The molecule has 0 aliphatic rings. The van der Waals surface area contributed by atoms with Gasteiger partial charge in [-0.05, 0) is 30.0 Å². The van der Waals surface area contributed by atoms with Gasteiger partial charge in [0, 0.05) is 18.8 Å². The summed E-state index contributed by atoms with van der Waals surface area (Å²) in [5, 5.41) is 11.9. The summed E-state index contributed by atoms with van der Waals surface area (Å²) in [4.78, 5) is 0.